The molecule has 0 radical (unpaired) electrons. The third-order valence-electron chi connectivity index (χ3n) is 2.18. The summed E-state index contributed by atoms with van der Waals surface area (Å²) in [5.41, 5.74) is 0. The van der Waals surface area contributed by atoms with E-state index >= 15 is 0 Å². The van der Waals surface area contributed by atoms with Crippen LogP contribution in [0.2, 0.25) is 0 Å². The summed E-state index contributed by atoms with van der Waals surface area (Å²) >= 11 is 1.83. The number of thiophene rings is 1. The van der Waals surface area contributed by atoms with Crippen molar-refractivity contribution >= 4 is 11.3 Å². The predicted octanol–water partition coefficient (Wildman–Crippen LogP) is 2.83. The molecule has 0 aliphatic rings. The highest BCUT2D eigenvalue weighted by atomic mass is 32.1. The van der Waals surface area contributed by atoms with Crippen LogP contribution in [0, 0.1) is 0 Å². The second-order valence-corrected chi connectivity index (χ2v) is 4.24. The van der Waals surface area contributed by atoms with Crippen molar-refractivity contribution in [2.24, 2.45) is 0 Å². The Balaban J connectivity index is 2.39. The van der Waals surface area contributed by atoms with Crippen molar-refractivity contribution in [2.45, 2.75) is 25.8 Å². The van der Waals surface area contributed by atoms with E-state index in [1.165, 1.54) is 4.88 Å². The van der Waals surface area contributed by atoms with E-state index in [0.717, 1.165) is 26.0 Å². The molecule has 0 saturated heterocycles. The number of nitrogens with one attached hydrogen (secondary N) is 1. The fourth-order valence-electron chi connectivity index (χ4n) is 1.51. The van der Waals surface area contributed by atoms with Gasteiger partial charge in [-0.2, -0.15) is 0 Å². The summed E-state index contributed by atoms with van der Waals surface area (Å²) in [6.45, 7) is 4.03. The molecule has 3 heteroatoms. The van der Waals surface area contributed by atoms with Crippen LogP contribution in [0.15, 0.2) is 17.5 Å². The van der Waals surface area contributed by atoms with Crippen molar-refractivity contribution in [1.29, 1.82) is 0 Å². The van der Waals surface area contributed by atoms with Crippen molar-refractivity contribution in [3.05, 3.63) is 22.4 Å². The molecule has 1 rings (SSSR count). The molecule has 0 aliphatic heterocycles. The van der Waals surface area contributed by atoms with Crippen LogP contribution < -0.4 is 5.32 Å². The molecule has 1 atom stereocenters. The van der Waals surface area contributed by atoms with E-state index in [1.807, 2.05) is 11.3 Å². The van der Waals surface area contributed by atoms with E-state index in [0.29, 0.717) is 6.04 Å². The van der Waals surface area contributed by atoms with Crippen LogP contribution in [0.1, 0.15) is 30.7 Å². The van der Waals surface area contributed by atoms with Crippen LogP contribution >= 0.6 is 11.3 Å². The van der Waals surface area contributed by atoms with E-state index in [9.17, 15) is 0 Å². The van der Waals surface area contributed by atoms with Crippen molar-refractivity contribution in [3.63, 3.8) is 0 Å². The zero-order chi connectivity index (χ0) is 10.2. The molecule has 1 aromatic rings. The predicted molar refractivity (Wildman–Crippen MR) is 61.8 cm³/mol. The van der Waals surface area contributed by atoms with E-state index in [1.54, 1.807) is 7.11 Å². The third-order valence-corrected chi connectivity index (χ3v) is 3.16. The van der Waals surface area contributed by atoms with Gasteiger partial charge >= 0.3 is 0 Å². The Hall–Kier alpha value is -0.380. The first-order valence-corrected chi connectivity index (χ1v) is 6.02. The minimum atomic E-state index is 0.509. The molecular formula is C11H19NOS. The van der Waals surface area contributed by atoms with E-state index in [2.05, 4.69) is 29.8 Å². The fraction of sp³-hybridized carbons (Fsp3) is 0.636. The second-order valence-electron chi connectivity index (χ2n) is 3.26. The van der Waals surface area contributed by atoms with Gasteiger partial charge in [0.25, 0.3) is 0 Å². The van der Waals surface area contributed by atoms with Crippen LogP contribution in [0.25, 0.3) is 0 Å². The van der Waals surface area contributed by atoms with Gasteiger partial charge in [0, 0.05) is 24.6 Å². The molecule has 0 saturated carbocycles. The molecule has 1 heterocycles. The first-order valence-electron chi connectivity index (χ1n) is 5.14. The quantitative estimate of drug-likeness (QED) is 0.703. The summed E-state index contributed by atoms with van der Waals surface area (Å²) < 4.78 is 5.06. The van der Waals surface area contributed by atoms with Crippen molar-refractivity contribution in [1.82, 2.24) is 5.32 Å². The molecular weight excluding hydrogens is 194 g/mol. The van der Waals surface area contributed by atoms with Gasteiger partial charge in [-0.05, 0) is 30.8 Å². The SMILES string of the molecule is CCNC(CCCOC)c1cccs1. The smallest absolute Gasteiger partial charge is 0.0462 e. The standard InChI is InChI=1S/C11H19NOS/c1-3-12-10(6-4-8-13-2)11-7-5-9-14-11/h5,7,9-10,12H,3-4,6,8H2,1-2H3. The highest BCUT2D eigenvalue weighted by Crippen LogP contribution is 2.22. The van der Waals surface area contributed by atoms with Crippen LogP contribution in [-0.2, 0) is 4.74 Å². The summed E-state index contributed by atoms with van der Waals surface area (Å²) in [5, 5.41) is 5.63. The van der Waals surface area contributed by atoms with Crippen LogP contribution in [0.3, 0.4) is 0 Å². The third kappa shape index (κ3) is 3.78. The van der Waals surface area contributed by atoms with Crippen molar-refractivity contribution in [3.8, 4) is 0 Å². The Labute approximate surface area is 90.3 Å². The molecule has 0 aromatic carbocycles. The van der Waals surface area contributed by atoms with Gasteiger partial charge in [0.05, 0.1) is 0 Å². The Bertz CT molecular complexity index is 223. The lowest BCUT2D eigenvalue weighted by atomic mass is 10.1. The monoisotopic (exact) mass is 213 g/mol. The zero-order valence-corrected chi connectivity index (χ0v) is 9.77. The number of hydrogen-bond donors (Lipinski definition) is 1. The molecule has 0 bridgehead atoms. The maximum absolute atomic E-state index is 5.06. The maximum atomic E-state index is 5.06. The first kappa shape index (κ1) is 11.7. The molecule has 0 aliphatic carbocycles. The normalized spacial score (nSPS) is 13.0. The van der Waals surface area contributed by atoms with Crippen molar-refractivity contribution < 1.29 is 4.74 Å². The fourth-order valence-corrected chi connectivity index (χ4v) is 2.35. The van der Waals surface area contributed by atoms with Gasteiger partial charge in [-0.15, -0.1) is 11.3 Å². The first-order chi connectivity index (χ1) is 6.88. The highest BCUT2D eigenvalue weighted by Gasteiger charge is 2.09. The minimum absolute atomic E-state index is 0.509. The average molecular weight is 213 g/mol. The largest absolute Gasteiger partial charge is 0.385 e. The van der Waals surface area contributed by atoms with Gasteiger partial charge in [0.1, 0.15) is 0 Å². The Morgan fingerprint density at radius 1 is 1.57 bits per heavy atom. The summed E-state index contributed by atoms with van der Waals surface area (Å²) in [4.78, 5) is 1.43. The van der Waals surface area contributed by atoms with Gasteiger partial charge in [0.2, 0.25) is 0 Å². The van der Waals surface area contributed by atoms with Gasteiger partial charge in [0.15, 0.2) is 0 Å². The molecule has 80 valence electrons. The van der Waals surface area contributed by atoms with Gasteiger partial charge in [-0.3, -0.25) is 0 Å². The lowest BCUT2D eigenvalue weighted by Crippen LogP contribution is -2.20. The molecule has 1 N–H and O–H groups in total. The minimum Gasteiger partial charge on any atom is -0.385 e. The molecule has 14 heavy (non-hydrogen) atoms. The maximum Gasteiger partial charge on any atom is 0.0462 e. The van der Waals surface area contributed by atoms with Crippen molar-refractivity contribution in [2.75, 3.05) is 20.3 Å². The lowest BCUT2D eigenvalue weighted by Gasteiger charge is -2.15. The molecule has 1 unspecified atom stereocenters. The average Bonchev–Trinajstić information content (AvgIpc) is 2.70. The Morgan fingerprint density at radius 2 is 2.43 bits per heavy atom. The topological polar surface area (TPSA) is 21.3 Å². The summed E-state index contributed by atoms with van der Waals surface area (Å²) in [6, 6.07) is 4.82. The Kier molecular flexibility index (Phi) is 5.83. The number of hydrogen-bond acceptors (Lipinski definition) is 3. The number of ether oxygens (including phenoxy) is 1. The lowest BCUT2D eigenvalue weighted by molar-refractivity contribution is 0.189. The van der Waals surface area contributed by atoms with Gasteiger partial charge in [-0.1, -0.05) is 13.0 Å². The summed E-state index contributed by atoms with van der Waals surface area (Å²) in [5.74, 6) is 0. The number of rotatable bonds is 7. The Morgan fingerprint density at radius 3 is 3.00 bits per heavy atom. The van der Waals surface area contributed by atoms with E-state index in [-0.39, 0.29) is 0 Å². The van der Waals surface area contributed by atoms with Gasteiger partial charge < -0.3 is 10.1 Å². The molecule has 0 spiro atoms. The molecule has 2 nitrogen and oxygen atoms in total. The van der Waals surface area contributed by atoms with Crippen LogP contribution in [0.4, 0.5) is 0 Å². The summed E-state index contributed by atoms with van der Waals surface area (Å²) in [7, 11) is 1.76. The molecule has 0 fully saturated rings. The molecule has 0 amide bonds. The van der Waals surface area contributed by atoms with Crippen LogP contribution in [0.5, 0.6) is 0 Å². The highest BCUT2D eigenvalue weighted by molar-refractivity contribution is 7.10. The van der Waals surface area contributed by atoms with Crippen LogP contribution in [-0.4, -0.2) is 20.3 Å². The zero-order valence-electron chi connectivity index (χ0n) is 8.95. The second kappa shape index (κ2) is 6.98. The number of methoxy groups -OCH3 is 1. The summed E-state index contributed by atoms with van der Waals surface area (Å²) in [6.07, 6.45) is 2.27. The molecule has 1 aromatic heterocycles. The van der Waals surface area contributed by atoms with Gasteiger partial charge in [-0.25, -0.2) is 0 Å². The van der Waals surface area contributed by atoms with E-state index in [4.69, 9.17) is 4.74 Å². The van der Waals surface area contributed by atoms with E-state index < -0.39 is 0 Å².